The van der Waals surface area contributed by atoms with Crippen LogP contribution in [-0.4, -0.2) is 11.0 Å². The molecule has 0 bridgehead atoms. The molecule has 1 heterocycles. The standard InChI is InChI=1S/C11H12F2O2/c1-8-6-15-7-9(8)10(14)2-4-11(12,13)5-3-10/h2,4,6-7,14H,3,5H2,1H3. The maximum Gasteiger partial charge on any atom is 0.266 e. The lowest BCUT2D eigenvalue weighted by atomic mass is 9.83. The Kier molecular flexibility index (Phi) is 2.19. The Morgan fingerprint density at radius 3 is 2.47 bits per heavy atom. The lowest BCUT2D eigenvalue weighted by molar-refractivity contribution is -0.0141. The van der Waals surface area contributed by atoms with Crippen LogP contribution in [0.2, 0.25) is 0 Å². The van der Waals surface area contributed by atoms with Crippen molar-refractivity contribution in [3.8, 4) is 0 Å². The van der Waals surface area contributed by atoms with E-state index in [4.69, 9.17) is 4.42 Å². The van der Waals surface area contributed by atoms with Crippen LogP contribution in [-0.2, 0) is 5.60 Å². The van der Waals surface area contributed by atoms with Crippen LogP contribution in [0.3, 0.4) is 0 Å². The molecule has 2 nitrogen and oxygen atoms in total. The molecule has 1 unspecified atom stereocenters. The van der Waals surface area contributed by atoms with Crippen molar-refractivity contribution in [1.82, 2.24) is 0 Å². The molecule has 1 aliphatic rings. The molecule has 4 heteroatoms. The van der Waals surface area contributed by atoms with E-state index in [1.54, 1.807) is 6.92 Å². The topological polar surface area (TPSA) is 33.4 Å². The summed E-state index contributed by atoms with van der Waals surface area (Å²) < 4.78 is 30.7. The molecule has 0 amide bonds. The zero-order valence-corrected chi connectivity index (χ0v) is 8.34. The van der Waals surface area contributed by atoms with E-state index in [2.05, 4.69) is 0 Å². The first-order valence-electron chi connectivity index (χ1n) is 4.77. The van der Waals surface area contributed by atoms with Gasteiger partial charge in [-0.2, -0.15) is 0 Å². The zero-order valence-electron chi connectivity index (χ0n) is 8.34. The number of hydrogen-bond acceptors (Lipinski definition) is 2. The predicted molar refractivity (Wildman–Crippen MR) is 50.7 cm³/mol. The van der Waals surface area contributed by atoms with Gasteiger partial charge in [-0.15, -0.1) is 0 Å². The van der Waals surface area contributed by atoms with Gasteiger partial charge < -0.3 is 9.52 Å². The third-order valence-corrected chi connectivity index (χ3v) is 2.76. The van der Waals surface area contributed by atoms with E-state index < -0.39 is 11.5 Å². The number of aliphatic hydroxyl groups is 1. The molecular formula is C11H12F2O2. The number of allylic oxidation sites excluding steroid dienone is 1. The van der Waals surface area contributed by atoms with Gasteiger partial charge >= 0.3 is 0 Å². The summed E-state index contributed by atoms with van der Waals surface area (Å²) in [6.07, 6.45) is 4.50. The van der Waals surface area contributed by atoms with Crippen molar-refractivity contribution in [2.45, 2.75) is 31.3 Å². The van der Waals surface area contributed by atoms with Crippen molar-refractivity contribution in [2.24, 2.45) is 0 Å². The minimum Gasteiger partial charge on any atom is -0.472 e. The molecule has 2 rings (SSSR count). The number of furan rings is 1. The largest absolute Gasteiger partial charge is 0.472 e. The van der Waals surface area contributed by atoms with E-state index >= 15 is 0 Å². The van der Waals surface area contributed by atoms with Gasteiger partial charge in [0.1, 0.15) is 5.60 Å². The third-order valence-electron chi connectivity index (χ3n) is 2.76. The molecular weight excluding hydrogens is 202 g/mol. The quantitative estimate of drug-likeness (QED) is 0.729. The summed E-state index contributed by atoms with van der Waals surface area (Å²) in [5, 5.41) is 10.2. The third kappa shape index (κ3) is 1.81. The summed E-state index contributed by atoms with van der Waals surface area (Å²) in [6, 6.07) is 0. The van der Waals surface area contributed by atoms with Gasteiger partial charge in [0.2, 0.25) is 0 Å². The number of halogens is 2. The fraction of sp³-hybridized carbons (Fsp3) is 0.455. The van der Waals surface area contributed by atoms with Gasteiger partial charge in [-0.05, 0) is 31.1 Å². The second kappa shape index (κ2) is 3.17. The molecule has 0 saturated heterocycles. The van der Waals surface area contributed by atoms with Crippen LogP contribution in [0, 0.1) is 6.92 Å². The van der Waals surface area contributed by atoms with Gasteiger partial charge in [-0.25, -0.2) is 8.78 Å². The maximum absolute atomic E-state index is 12.9. The van der Waals surface area contributed by atoms with Crippen molar-refractivity contribution < 1.29 is 18.3 Å². The van der Waals surface area contributed by atoms with Gasteiger partial charge in [0.25, 0.3) is 5.92 Å². The maximum atomic E-state index is 12.9. The first kappa shape index (κ1) is 10.4. The minimum atomic E-state index is -2.80. The fourth-order valence-corrected chi connectivity index (χ4v) is 1.81. The minimum absolute atomic E-state index is 0.0108. The van der Waals surface area contributed by atoms with E-state index in [9.17, 15) is 13.9 Å². The van der Waals surface area contributed by atoms with E-state index in [1.807, 2.05) is 0 Å². The molecule has 1 aliphatic carbocycles. The normalized spacial score (nSPS) is 29.3. The molecule has 0 radical (unpaired) electrons. The van der Waals surface area contributed by atoms with E-state index in [0.29, 0.717) is 5.56 Å². The average Bonchev–Trinajstić information content (AvgIpc) is 2.58. The number of alkyl halides is 2. The second-order valence-corrected chi connectivity index (χ2v) is 3.99. The summed E-state index contributed by atoms with van der Waals surface area (Å²) in [6.45, 7) is 1.78. The lowest BCUT2D eigenvalue weighted by Crippen LogP contribution is -2.31. The van der Waals surface area contributed by atoms with Crippen LogP contribution < -0.4 is 0 Å². The van der Waals surface area contributed by atoms with Crippen LogP contribution >= 0.6 is 0 Å². The molecule has 0 aromatic carbocycles. The molecule has 0 aliphatic heterocycles. The molecule has 15 heavy (non-hydrogen) atoms. The van der Waals surface area contributed by atoms with Crippen molar-refractivity contribution in [3.05, 3.63) is 35.8 Å². The highest BCUT2D eigenvalue weighted by Gasteiger charge is 2.39. The predicted octanol–water partition coefficient (Wildman–Crippen LogP) is 2.76. The molecule has 0 spiro atoms. The number of aryl methyl sites for hydroxylation is 1. The van der Waals surface area contributed by atoms with Crippen LogP contribution in [0.15, 0.2) is 29.1 Å². The Morgan fingerprint density at radius 1 is 1.27 bits per heavy atom. The molecule has 0 fully saturated rings. The summed E-state index contributed by atoms with van der Waals surface area (Å²) in [7, 11) is 0. The average molecular weight is 214 g/mol. The van der Waals surface area contributed by atoms with E-state index in [1.165, 1.54) is 12.5 Å². The monoisotopic (exact) mass is 214 g/mol. The highest BCUT2D eigenvalue weighted by Crippen LogP contribution is 2.39. The number of hydrogen-bond donors (Lipinski definition) is 1. The Morgan fingerprint density at radius 2 is 2.00 bits per heavy atom. The molecule has 0 saturated carbocycles. The van der Waals surface area contributed by atoms with Crippen LogP contribution in [0.1, 0.15) is 24.0 Å². The van der Waals surface area contributed by atoms with Gasteiger partial charge in [0, 0.05) is 12.0 Å². The smallest absolute Gasteiger partial charge is 0.266 e. The first-order chi connectivity index (χ1) is 6.93. The highest BCUT2D eigenvalue weighted by molar-refractivity contribution is 5.32. The van der Waals surface area contributed by atoms with Crippen molar-refractivity contribution in [2.75, 3.05) is 0 Å². The fourth-order valence-electron chi connectivity index (χ4n) is 1.81. The molecule has 1 aromatic heterocycles. The van der Waals surface area contributed by atoms with Crippen molar-refractivity contribution in [3.63, 3.8) is 0 Å². The summed E-state index contributed by atoms with van der Waals surface area (Å²) in [4.78, 5) is 0. The molecule has 82 valence electrons. The highest BCUT2D eigenvalue weighted by atomic mass is 19.3. The lowest BCUT2D eigenvalue weighted by Gasteiger charge is -2.30. The van der Waals surface area contributed by atoms with Crippen LogP contribution in [0.25, 0.3) is 0 Å². The van der Waals surface area contributed by atoms with Crippen LogP contribution in [0.5, 0.6) is 0 Å². The van der Waals surface area contributed by atoms with E-state index in [0.717, 1.165) is 17.7 Å². The second-order valence-electron chi connectivity index (χ2n) is 3.99. The van der Waals surface area contributed by atoms with Gasteiger partial charge in [-0.1, -0.05) is 0 Å². The molecule has 1 aromatic rings. The Bertz CT molecular complexity index is 395. The Balaban J connectivity index is 2.35. The first-order valence-corrected chi connectivity index (χ1v) is 4.77. The molecule has 1 N–H and O–H groups in total. The van der Waals surface area contributed by atoms with Gasteiger partial charge in [0.15, 0.2) is 0 Å². The van der Waals surface area contributed by atoms with E-state index in [-0.39, 0.29) is 12.8 Å². The van der Waals surface area contributed by atoms with Crippen molar-refractivity contribution in [1.29, 1.82) is 0 Å². The zero-order chi connectivity index (χ0) is 11.1. The summed E-state index contributed by atoms with van der Waals surface area (Å²) in [5.74, 6) is -2.80. The summed E-state index contributed by atoms with van der Waals surface area (Å²) in [5.41, 5.74) is 0.0280. The Hall–Kier alpha value is -1.16. The Labute approximate surface area is 86.2 Å². The SMILES string of the molecule is Cc1cocc1C1(O)C=CC(F)(F)CC1. The number of rotatable bonds is 1. The van der Waals surface area contributed by atoms with Crippen molar-refractivity contribution >= 4 is 0 Å². The summed E-state index contributed by atoms with van der Waals surface area (Å²) >= 11 is 0. The van der Waals surface area contributed by atoms with Gasteiger partial charge in [0.05, 0.1) is 12.5 Å². The van der Waals surface area contributed by atoms with Crippen LogP contribution in [0.4, 0.5) is 8.78 Å². The molecule has 1 atom stereocenters. The van der Waals surface area contributed by atoms with Gasteiger partial charge in [-0.3, -0.25) is 0 Å².